The summed E-state index contributed by atoms with van der Waals surface area (Å²) in [4.78, 5) is 19.1. The Labute approximate surface area is 196 Å². The van der Waals surface area contributed by atoms with Crippen molar-refractivity contribution in [2.75, 3.05) is 33.3 Å². The number of ether oxygens (including phenoxy) is 1. The van der Waals surface area contributed by atoms with E-state index in [1.165, 1.54) is 18.2 Å². The topological polar surface area (TPSA) is 53.9 Å². The number of methoxy groups -OCH3 is 1. The van der Waals surface area contributed by atoms with Gasteiger partial charge in [0.15, 0.2) is 5.96 Å². The van der Waals surface area contributed by atoms with E-state index in [1.54, 1.807) is 0 Å². The van der Waals surface area contributed by atoms with Crippen molar-refractivity contribution in [3.63, 3.8) is 0 Å². The van der Waals surface area contributed by atoms with E-state index in [2.05, 4.69) is 65.7 Å². The van der Waals surface area contributed by atoms with Gasteiger partial charge < -0.3 is 15.0 Å². The van der Waals surface area contributed by atoms with E-state index < -0.39 is 0 Å². The Kier molecular flexibility index (Phi) is 10.1. The lowest BCUT2D eigenvalue weighted by Gasteiger charge is -2.33. The molecule has 0 aliphatic carbocycles. The molecule has 6 heteroatoms. The molecular formula is C24H32IN3O2. The van der Waals surface area contributed by atoms with Crippen LogP contribution in [0.15, 0.2) is 65.7 Å². The summed E-state index contributed by atoms with van der Waals surface area (Å²) < 4.78 is 4.91. The molecule has 2 aromatic rings. The number of hydrogen-bond acceptors (Lipinski definition) is 3. The van der Waals surface area contributed by atoms with E-state index in [0.29, 0.717) is 6.54 Å². The number of halogens is 1. The number of guanidine groups is 1. The highest BCUT2D eigenvalue weighted by Gasteiger charge is 2.27. The number of likely N-dealkylation sites (tertiary alicyclic amines) is 1. The number of aliphatic imine (C=N–C) groups is 1. The molecule has 0 aromatic heterocycles. The number of esters is 1. The fraction of sp³-hybridized carbons (Fsp3) is 0.417. The summed E-state index contributed by atoms with van der Waals surface area (Å²) in [6, 6.07) is 21.1. The Hall–Kier alpha value is -2.09. The first-order chi connectivity index (χ1) is 14.2. The molecule has 3 rings (SSSR count). The van der Waals surface area contributed by atoms with Crippen molar-refractivity contribution in [2.24, 2.45) is 10.9 Å². The van der Waals surface area contributed by atoms with Gasteiger partial charge in [-0.05, 0) is 30.9 Å². The van der Waals surface area contributed by atoms with E-state index in [9.17, 15) is 4.79 Å². The molecule has 162 valence electrons. The first-order valence-corrected chi connectivity index (χ1v) is 10.4. The van der Waals surface area contributed by atoms with Gasteiger partial charge in [-0.3, -0.25) is 9.79 Å². The second-order valence-corrected chi connectivity index (χ2v) is 7.35. The summed E-state index contributed by atoms with van der Waals surface area (Å²) in [6.45, 7) is 5.20. The summed E-state index contributed by atoms with van der Waals surface area (Å²) in [5.41, 5.74) is 2.53. The molecule has 2 aromatic carbocycles. The van der Waals surface area contributed by atoms with Crippen molar-refractivity contribution >= 4 is 35.9 Å². The fourth-order valence-electron chi connectivity index (χ4n) is 3.87. The lowest BCUT2D eigenvalue weighted by Crippen LogP contribution is -2.46. The molecule has 0 bridgehead atoms. The highest BCUT2D eigenvalue weighted by molar-refractivity contribution is 14.0. The smallest absolute Gasteiger partial charge is 0.308 e. The molecule has 30 heavy (non-hydrogen) atoms. The predicted octanol–water partition coefficient (Wildman–Crippen LogP) is 4.29. The number of carbonyl (C=O) groups is 1. The molecular weight excluding hydrogens is 489 g/mol. The maximum atomic E-state index is 11.8. The Morgan fingerprint density at radius 2 is 1.60 bits per heavy atom. The first-order valence-electron chi connectivity index (χ1n) is 10.4. The molecule has 1 fully saturated rings. The van der Waals surface area contributed by atoms with Gasteiger partial charge >= 0.3 is 5.97 Å². The third-order valence-corrected chi connectivity index (χ3v) is 5.49. The third kappa shape index (κ3) is 6.45. The Morgan fingerprint density at radius 1 is 1.07 bits per heavy atom. The molecule has 0 unspecified atom stereocenters. The SMILES string of the molecule is CCNC(=NCC(c1ccccc1)c1ccccc1)N1CCC(C(=O)OC)CC1.I. The first kappa shape index (κ1) is 24.2. The zero-order valence-electron chi connectivity index (χ0n) is 17.8. The second kappa shape index (κ2) is 12.6. The van der Waals surface area contributed by atoms with Crippen LogP contribution in [0.2, 0.25) is 0 Å². The van der Waals surface area contributed by atoms with E-state index in [4.69, 9.17) is 9.73 Å². The average Bonchev–Trinajstić information content (AvgIpc) is 2.79. The molecule has 0 atom stereocenters. The summed E-state index contributed by atoms with van der Waals surface area (Å²) >= 11 is 0. The van der Waals surface area contributed by atoms with Crippen molar-refractivity contribution < 1.29 is 9.53 Å². The minimum Gasteiger partial charge on any atom is -0.469 e. The summed E-state index contributed by atoms with van der Waals surface area (Å²) in [5.74, 6) is 1.03. The Balaban J connectivity index is 0.00000320. The molecule has 1 heterocycles. The van der Waals surface area contributed by atoms with Crippen LogP contribution in [0.25, 0.3) is 0 Å². The number of carbonyl (C=O) groups excluding carboxylic acids is 1. The van der Waals surface area contributed by atoms with E-state index >= 15 is 0 Å². The standard InChI is InChI=1S/C24H31N3O2.HI/c1-3-25-24(27-16-14-21(15-17-27)23(28)29-2)26-18-22(19-10-6-4-7-11-19)20-12-8-5-9-13-20;/h4-13,21-22H,3,14-18H2,1-2H3,(H,25,26);1H. The predicted molar refractivity (Wildman–Crippen MR) is 132 cm³/mol. The van der Waals surface area contributed by atoms with E-state index in [0.717, 1.165) is 38.4 Å². The van der Waals surface area contributed by atoms with Gasteiger partial charge in [0.2, 0.25) is 0 Å². The van der Waals surface area contributed by atoms with Crippen LogP contribution < -0.4 is 5.32 Å². The molecule has 1 saturated heterocycles. The molecule has 1 N–H and O–H groups in total. The van der Waals surface area contributed by atoms with Gasteiger partial charge in [0.1, 0.15) is 0 Å². The van der Waals surface area contributed by atoms with Crippen molar-refractivity contribution in [1.82, 2.24) is 10.2 Å². The van der Waals surface area contributed by atoms with Gasteiger partial charge in [0.05, 0.1) is 19.6 Å². The molecule has 0 amide bonds. The van der Waals surface area contributed by atoms with Crippen LogP contribution in [0.5, 0.6) is 0 Å². The van der Waals surface area contributed by atoms with Crippen molar-refractivity contribution in [1.29, 1.82) is 0 Å². The van der Waals surface area contributed by atoms with Gasteiger partial charge in [-0.1, -0.05) is 60.7 Å². The van der Waals surface area contributed by atoms with Crippen LogP contribution >= 0.6 is 24.0 Å². The molecule has 0 saturated carbocycles. The number of benzene rings is 2. The van der Waals surface area contributed by atoms with Gasteiger partial charge in [-0.15, -0.1) is 24.0 Å². The molecule has 1 aliphatic heterocycles. The van der Waals surface area contributed by atoms with Crippen LogP contribution in [-0.4, -0.2) is 50.1 Å². The van der Waals surface area contributed by atoms with Crippen LogP contribution in [0.4, 0.5) is 0 Å². The molecule has 5 nitrogen and oxygen atoms in total. The largest absolute Gasteiger partial charge is 0.469 e. The number of nitrogens with zero attached hydrogens (tertiary/aromatic N) is 2. The highest BCUT2D eigenvalue weighted by atomic mass is 127. The van der Waals surface area contributed by atoms with Crippen molar-refractivity contribution in [2.45, 2.75) is 25.7 Å². The van der Waals surface area contributed by atoms with Gasteiger partial charge in [-0.25, -0.2) is 0 Å². The fourth-order valence-corrected chi connectivity index (χ4v) is 3.87. The number of nitrogens with one attached hydrogen (secondary N) is 1. The minimum atomic E-state index is -0.0974. The summed E-state index contributed by atoms with van der Waals surface area (Å²) in [5, 5.41) is 3.43. The highest BCUT2D eigenvalue weighted by Crippen LogP contribution is 2.25. The maximum absolute atomic E-state index is 11.8. The van der Waals surface area contributed by atoms with Crippen LogP contribution in [-0.2, 0) is 9.53 Å². The number of hydrogen-bond donors (Lipinski definition) is 1. The Morgan fingerprint density at radius 3 is 2.07 bits per heavy atom. The zero-order valence-corrected chi connectivity index (χ0v) is 20.1. The van der Waals surface area contributed by atoms with Gasteiger partial charge in [-0.2, -0.15) is 0 Å². The van der Waals surface area contributed by atoms with Crippen molar-refractivity contribution in [3.05, 3.63) is 71.8 Å². The quantitative estimate of drug-likeness (QED) is 0.267. The zero-order chi connectivity index (χ0) is 20.5. The average molecular weight is 521 g/mol. The van der Waals surface area contributed by atoms with Crippen LogP contribution in [0.3, 0.4) is 0 Å². The lowest BCUT2D eigenvalue weighted by molar-refractivity contribution is -0.146. The normalized spacial score (nSPS) is 14.9. The van der Waals surface area contributed by atoms with E-state index in [-0.39, 0.29) is 41.8 Å². The third-order valence-electron chi connectivity index (χ3n) is 5.49. The maximum Gasteiger partial charge on any atom is 0.308 e. The number of rotatable bonds is 6. The Bertz CT molecular complexity index is 751. The second-order valence-electron chi connectivity index (χ2n) is 7.35. The summed E-state index contributed by atoms with van der Waals surface area (Å²) in [6.07, 6.45) is 1.61. The van der Waals surface area contributed by atoms with Gasteiger partial charge in [0.25, 0.3) is 0 Å². The van der Waals surface area contributed by atoms with Crippen LogP contribution in [0.1, 0.15) is 36.8 Å². The summed E-state index contributed by atoms with van der Waals surface area (Å²) in [7, 11) is 1.47. The molecule has 1 aliphatic rings. The number of piperidine rings is 1. The monoisotopic (exact) mass is 521 g/mol. The minimum absolute atomic E-state index is 0. The van der Waals surface area contributed by atoms with Crippen LogP contribution in [0, 0.1) is 5.92 Å². The lowest BCUT2D eigenvalue weighted by atomic mass is 9.91. The van der Waals surface area contributed by atoms with Gasteiger partial charge in [0, 0.05) is 25.6 Å². The van der Waals surface area contributed by atoms with E-state index in [1.807, 2.05) is 12.1 Å². The molecule has 0 spiro atoms. The van der Waals surface area contributed by atoms with Crippen molar-refractivity contribution in [3.8, 4) is 0 Å². The molecule has 0 radical (unpaired) electrons.